The predicted octanol–water partition coefficient (Wildman–Crippen LogP) is 1.56. The smallest absolute Gasteiger partial charge is 0.236 e. The van der Waals surface area contributed by atoms with Crippen molar-refractivity contribution in [3.63, 3.8) is 0 Å². The normalized spacial score (nSPS) is 26.5. The molecule has 0 radical (unpaired) electrons. The molecule has 6 heteroatoms. The van der Waals surface area contributed by atoms with Gasteiger partial charge in [0.25, 0.3) is 0 Å². The third-order valence-electron chi connectivity index (χ3n) is 5.17. The molecule has 3 rings (SSSR count). The van der Waals surface area contributed by atoms with E-state index in [4.69, 9.17) is 9.47 Å². The van der Waals surface area contributed by atoms with E-state index in [2.05, 4.69) is 4.98 Å². The third kappa shape index (κ3) is 4.57. The molecule has 0 aliphatic carbocycles. The van der Waals surface area contributed by atoms with E-state index in [1.807, 2.05) is 42.2 Å². The highest BCUT2D eigenvalue weighted by atomic mass is 16.5. The fourth-order valence-corrected chi connectivity index (χ4v) is 3.94. The molecule has 0 spiro atoms. The highest BCUT2D eigenvalue weighted by molar-refractivity contribution is 5.78. The number of fused-ring (bicyclic) bond motifs is 1. The van der Waals surface area contributed by atoms with E-state index >= 15 is 0 Å². The Hall–Kier alpha value is -1.50. The first-order valence-electron chi connectivity index (χ1n) is 9.10. The van der Waals surface area contributed by atoms with Gasteiger partial charge in [0.2, 0.25) is 5.91 Å². The van der Waals surface area contributed by atoms with Crippen molar-refractivity contribution in [2.45, 2.75) is 32.0 Å². The summed E-state index contributed by atoms with van der Waals surface area (Å²) in [4.78, 5) is 20.6. The lowest BCUT2D eigenvalue weighted by molar-refractivity contribution is -0.166. The van der Waals surface area contributed by atoms with Gasteiger partial charge in [-0.25, -0.2) is 0 Å². The molecule has 25 heavy (non-hydrogen) atoms. The summed E-state index contributed by atoms with van der Waals surface area (Å²) in [5.41, 5.74) is 0.990. The summed E-state index contributed by atoms with van der Waals surface area (Å²) in [6, 6.07) is 3.94. The van der Waals surface area contributed by atoms with Crippen molar-refractivity contribution < 1.29 is 14.3 Å². The van der Waals surface area contributed by atoms with Gasteiger partial charge in [-0.3, -0.25) is 9.78 Å². The van der Waals surface area contributed by atoms with Crippen LogP contribution in [0.25, 0.3) is 0 Å². The maximum absolute atomic E-state index is 12.5. The van der Waals surface area contributed by atoms with Crippen molar-refractivity contribution in [1.82, 2.24) is 14.8 Å². The molecule has 2 saturated heterocycles. The van der Waals surface area contributed by atoms with Gasteiger partial charge in [0.1, 0.15) is 0 Å². The number of aromatic nitrogens is 1. The summed E-state index contributed by atoms with van der Waals surface area (Å²) < 4.78 is 12.1. The van der Waals surface area contributed by atoms with E-state index in [9.17, 15) is 4.79 Å². The van der Waals surface area contributed by atoms with Gasteiger partial charge in [0.15, 0.2) is 0 Å². The number of likely N-dealkylation sites (tertiary alicyclic amines) is 1. The minimum Gasteiger partial charge on any atom is -0.377 e. The maximum atomic E-state index is 12.5. The van der Waals surface area contributed by atoms with Gasteiger partial charge in [0.05, 0.1) is 25.9 Å². The van der Waals surface area contributed by atoms with Crippen molar-refractivity contribution in [2.75, 3.05) is 46.9 Å². The summed E-state index contributed by atoms with van der Waals surface area (Å²) in [5, 5.41) is 0. The minimum atomic E-state index is -0.0827. The molecular weight excluding hydrogens is 318 g/mol. The van der Waals surface area contributed by atoms with Crippen LogP contribution in [-0.2, 0) is 20.9 Å². The average molecular weight is 347 g/mol. The van der Waals surface area contributed by atoms with Crippen LogP contribution in [0.1, 0.15) is 24.8 Å². The second-order valence-corrected chi connectivity index (χ2v) is 7.52. The monoisotopic (exact) mass is 347 g/mol. The molecule has 1 aromatic heterocycles. The predicted molar refractivity (Wildman–Crippen MR) is 95.1 cm³/mol. The van der Waals surface area contributed by atoms with Crippen LogP contribution in [0.15, 0.2) is 24.5 Å². The lowest BCUT2D eigenvalue weighted by atomic mass is 9.73. The van der Waals surface area contributed by atoms with Crippen molar-refractivity contribution in [2.24, 2.45) is 5.41 Å². The lowest BCUT2D eigenvalue weighted by Gasteiger charge is -2.50. The largest absolute Gasteiger partial charge is 0.377 e. The highest BCUT2D eigenvalue weighted by Gasteiger charge is 2.47. The van der Waals surface area contributed by atoms with E-state index < -0.39 is 0 Å². The number of carbonyl (C=O) groups excluding carboxylic acids is 1. The molecular formula is C19H29N3O3. The first-order chi connectivity index (χ1) is 12.1. The number of hydrogen-bond acceptors (Lipinski definition) is 5. The number of likely N-dealkylation sites (N-methyl/N-ethyl adjacent to an activating group) is 1. The maximum Gasteiger partial charge on any atom is 0.236 e. The van der Waals surface area contributed by atoms with Gasteiger partial charge in [0, 0.05) is 37.5 Å². The van der Waals surface area contributed by atoms with Crippen LogP contribution >= 0.6 is 0 Å². The van der Waals surface area contributed by atoms with Crippen LogP contribution in [-0.4, -0.2) is 73.7 Å². The number of piperidine rings is 1. The molecule has 1 amide bonds. The van der Waals surface area contributed by atoms with Gasteiger partial charge in [-0.05, 0) is 45.0 Å². The van der Waals surface area contributed by atoms with E-state index in [1.54, 1.807) is 6.20 Å². The number of carbonyl (C=O) groups is 1. The van der Waals surface area contributed by atoms with Crippen LogP contribution in [0.2, 0.25) is 0 Å². The van der Waals surface area contributed by atoms with Gasteiger partial charge in [-0.15, -0.1) is 0 Å². The quantitative estimate of drug-likeness (QED) is 0.782. The van der Waals surface area contributed by atoms with Crippen molar-refractivity contribution in [3.05, 3.63) is 30.1 Å². The lowest BCUT2D eigenvalue weighted by Crippen LogP contribution is -2.58. The summed E-state index contributed by atoms with van der Waals surface area (Å²) in [5.74, 6) is 0.195. The molecule has 2 atom stereocenters. The van der Waals surface area contributed by atoms with Crippen LogP contribution in [0.4, 0.5) is 0 Å². The van der Waals surface area contributed by atoms with Crippen LogP contribution in [0.3, 0.4) is 0 Å². The molecule has 138 valence electrons. The molecule has 0 aromatic carbocycles. The standard InChI is InChI=1S/C19H29N3O3/c1-21(2)12-18(23)22-9-6-17-19(14-22,7-4-10-25-17)15-24-13-16-5-3-8-20-11-16/h3,5,8,11,17H,4,6-7,9-10,12-15H2,1-2H3/t17-,19+/m1/s1. The van der Waals surface area contributed by atoms with E-state index in [1.165, 1.54) is 0 Å². The number of amides is 1. The zero-order valence-electron chi connectivity index (χ0n) is 15.3. The van der Waals surface area contributed by atoms with Gasteiger partial charge >= 0.3 is 0 Å². The van der Waals surface area contributed by atoms with Gasteiger partial charge < -0.3 is 19.3 Å². The molecule has 2 fully saturated rings. The molecule has 6 nitrogen and oxygen atoms in total. The SMILES string of the molecule is CN(C)CC(=O)N1CC[C@H]2OCCC[C@@]2(COCc2cccnc2)C1. The topological polar surface area (TPSA) is 54.9 Å². The summed E-state index contributed by atoms with van der Waals surface area (Å²) in [6.07, 6.45) is 6.77. The molecule has 0 N–H and O–H groups in total. The molecule has 0 bridgehead atoms. The molecule has 1 aromatic rings. The number of nitrogens with zero attached hydrogens (tertiary/aromatic N) is 3. The molecule has 0 unspecified atom stereocenters. The average Bonchev–Trinajstić information content (AvgIpc) is 2.61. The Labute approximate surface area is 150 Å². The Morgan fingerprint density at radius 1 is 1.52 bits per heavy atom. The van der Waals surface area contributed by atoms with Gasteiger partial charge in [-0.1, -0.05) is 6.07 Å². The molecule has 3 heterocycles. The summed E-state index contributed by atoms with van der Waals surface area (Å²) >= 11 is 0. The van der Waals surface area contributed by atoms with Crippen LogP contribution in [0, 0.1) is 5.41 Å². The van der Waals surface area contributed by atoms with Crippen LogP contribution < -0.4 is 0 Å². The Morgan fingerprint density at radius 2 is 2.40 bits per heavy atom. The summed E-state index contributed by atoms with van der Waals surface area (Å²) in [6.45, 7) is 3.96. The third-order valence-corrected chi connectivity index (χ3v) is 5.17. The Morgan fingerprint density at radius 3 is 3.16 bits per heavy atom. The van der Waals surface area contributed by atoms with Crippen molar-refractivity contribution >= 4 is 5.91 Å². The Kier molecular flexibility index (Phi) is 6.04. The molecule has 2 aliphatic rings. The zero-order chi connectivity index (χ0) is 17.7. The Balaban J connectivity index is 1.63. The second kappa shape index (κ2) is 8.25. The number of hydrogen-bond donors (Lipinski definition) is 0. The highest BCUT2D eigenvalue weighted by Crippen LogP contribution is 2.40. The van der Waals surface area contributed by atoms with E-state index in [-0.39, 0.29) is 17.4 Å². The van der Waals surface area contributed by atoms with Crippen LogP contribution in [0.5, 0.6) is 0 Å². The molecule has 2 aliphatic heterocycles. The minimum absolute atomic E-state index is 0.0827. The fourth-order valence-electron chi connectivity index (χ4n) is 3.94. The second-order valence-electron chi connectivity index (χ2n) is 7.52. The summed E-state index contributed by atoms with van der Waals surface area (Å²) in [7, 11) is 3.86. The van der Waals surface area contributed by atoms with Crippen molar-refractivity contribution in [3.8, 4) is 0 Å². The van der Waals surface area contributed by atoms with E-state index in [0.29, 0.717) is 19.8 Å². The first kappa shape index (κ1) is 18.3. The van der Waals surface area contributed by atoms with Gasteiger partial charge in [-0.2, -0.15) is 0 Å². The van der Waals surface area contributed by atoms with Crippen molar-refractivity contribution in [1.29, 1.82) is 0 Å². The zero-order valence-corrected chi connectivity index (χ0v) is 15.3. The Bertz CT molecular complexity index is 566. The number of ether oxygens (including phenoxy) is 2. The van der Waals surface area contributed by atoms with E-state index in [0.717, 1.165) is 44.5 Å². The number of pyridine rings is 1. The number of rotatable bonds is 6. The fraction of sp³-hybridized carbons (Fsp3) is 0.684. The first-order valence-corrected chi connectivity index (χ1v) is 9.10. The molecule has 0 saturated carbocycles.